The number of nitrogens with one attached hydrogen (secondary N) is 1. The second-order valence-electron chi connectivity index (χ2n) is 4.41. The van der Waals surface area contributed by atoms with Gasteiger partial charge in [0.2, 0.25) is 10.0 Å². The Kier molecular flexibility index (Phi) is 8.32. The molecule has 0 spiro atoms. The van der Waals surface area contributed by atoms with Gasteiger partial charge in [0, 0.05) is 37.7 Å². The van der Waals surface area contributed by atoms with Gasteiger partial charge >= 0.3 is 0 Å². The Hall–Kier alpha value is -0.470. The predicted molar refractivity (Wildman–Crippen MR) is 80.6 cm³/mol. The van der Waals surface area contributed by atoms with Crippen LogP contribution in [0.2, 0.25) is 0 Å². The minimum absolute atomic E-state index is 0.0303. The molecule has 0 aliphatic rings. The SMILES string of the molecule is CCCCOCCCNS(=O)(=O)c1ccc(CCO)s1. The molecule has 7 heteroatoms. The number of sulfonamides is 1. The van der Waals surface area contributed by atoms with E-state index in [9.17, 15) is 8.42 Å². The molecule has 0 saturated carbocycles. The lowest BCUT2D eigenvalue weighted by atomic mass is 10.4. The summed E-state index contributed by atoms with van der Waals surface area (Å²) in [5, 5.41) is 8.82. The molecular weight excluding hydrogens is 298 g/mol. The van der Waals surface area contributed by atoms with Gasteiger partial charge in [0.15, 0.2) is 0 Å². The molecule has 1 aromatic rings. The molecule has 2 N–H and O–H groups in total. The Balaban J connectivity index is 2.30. The van der Waals surface area contributed by atoms with E-state index >= 15 is 0 Å². The molecule has 0 aliphatic carbocycles. The van der Waals surface area contributed by atoms with Crippen LogP contribution in [0.3, 0.4) is 0 Å². The fourth-order valence-electron chi connectivity index (χ4n) is 1.55. The molecule has 0 fully saturated rings. The van der Waals surface area contributed by atoms with Gasteiger partial charge in [-0.05, 0) is 25.0 Å². The van der Waals surface area contributed by atoms with Crippen molar-refractivity contribution in [1.82, 2.24) is 4.72 Å². The molecule has 116 valence electrons. The van der Waals surface area contributed by atoms with Crippen molar-refractivity contribution >= 4 is 21.4 Å². The third kappa shape index (κ3) is 6.32. The summed E-state index contributed by atoms with van der Waals surface area (Å²) in [6.07, 6.45) is 3.29. The second-order valence-corrected chi connectivity index (χ2v) is 7.57. The highest BCUT2D eigenvalue weighted by atomic mass is 32.2. The van der Waals surface area contributed by atoms with Crippen LogP contribution in [-0.4, -0.2) is 39.9 Å². The Morgan fingerprint density at radius 3 is 2.75 bits per heavy atom. The summed E-state index contributed by atoms with van der Waals surface area (Å²) < 4.78 is 32.2. The third-order valence-electron chi connectivity index (χ3n) is 2.66. The summed E-state index contributed by atoms with van der Waals surface area (Å²) >= 11 is 1.20. The second kappa shape index (κ2) is 9.46. The van der Waals surface area contributed by atoms with Crippen LogP contribution >= 0.6 is 11.3 Å². The third-order valence-corrected chi connectivity index (χ3v) is 5.76. The molecule has 1 rings (SSSR count). The van der Waals surface area contributed by atoms with Crippen molar-refractivity contribution in [3.8, 4) is 0 Å². The van der Waals surface area contributed by atoms with Crippen molar-refractivity contribution in [2.24, 2.45) is 0 Å². The maximum Gasteiger partial charge on any atom is 0.250 e. The Bertz CT molecular complexity index is 470. The number of thiophene rings is 1. The summed E-state index contributed by atoms with van der Waals surface area (Å²) in [4.78, 5) is 0.871. The van der Waals surface area contributed by atoms with Gasteiger partial charge < -0.3 is 9.84 Å². The first kappa shape index (κ1) is 17.6. The highest BCUT2D eigenvalue weighted by Gasteiger charge is 2.15. The first-order valence-corrected chi connectivity index (χ1v) is 9.17. The van der Waals surface area contributed by atoms with Crippen molar-refractivity contribution in [2.75, 3.05) is 26.4 Å². The highest BCUT2D eigenvalue weighted by Crippen LogP contribution is 2.21. The average Bonchev–Trinajstić information content (AvgIpc) is 2.88. The van der Waals surface area contributed by atoms with Gasteiger partial charge in [-0.3, -0.25) is 0 Å². The van der Waals surface area contributed by atoms with E-state index in [4.69, 9.17) is 9.84 Å². The predicted octanol–water partition coefficient (Wildman–Crippen LogP) is 1.77. The summed E-state index contributed by atoms with van der Waals surface area (Å²) in [5.74, 6) is 0. The van der Waals surface area contributed by atoms with Crippen LogP contribution < -0.4 is 4.72 Å². The summed E-state index contributed by atoms with van der Waals surface area (Å²) in [7, 11) is -3.42. The van der Waals surface area contributed by atoms with Crippen LogP contribution in [0.1, 0.15) is 31.1 Å². The lowest BCUT2D eigenvalue weighted by Gasteiger charge is -2.05. The number of hydrogen-bond acceptors (Lipinski definition) is 5. The quantitative estimate of drug-likeness (QED) is 0.609. The lowest BCUT2D eigenvalue weighted by Crippen LogP contribution is -2.24. The van der Waals surface area contributed by atoms with Crippen molar-refractivity contribution in [2.45, 2.75) is 36.8 Å². The van der Waals surface area contributed by atoms with Crippen LogP contribution in [0.4, 0.5) is 0 Å². The molecule has 0 atom stereocenters. The molecule has 1 heterocycles. The van der Waals surface area contributed by atoms with Crippen LogP contribution in [0.5, 0.6) is 0 Å². The van der Waals surface area contributed by atoms with Gasteiger partial charge in [-0.2, -0.15) is 0 Å². The minimum Gasteiger partial charge on any atom is -0.396 e. The highest BCUT2D eigenvalue weighted by molar-refractivity contribution is 7.91. The van der Waals surface area contributed by atoms with Gasteiger partial charge in [0.05, 0.1) is 0 Å². The van der Waals surface area contributed by atoms with Crippen LogP contribution in [0.25, 0.3) is 0 Å². The van der Waals surface area contributed by atoms with E-state index in [1.807, 2.05) is 0 Å². The number of aliphatic hydroxyl groups is 1. The van der Waals surface area contributed by atoms with Gasteiger partial charge in [-0.25, -0.2) is 13.1 Å². The van der Waals surface area contributed by atoms with Gasteiger partial charge in [0.1, 0.15) is 4.21 Å². The Morgan fingerprint density at radius 1 is 1.30 bits per heavy atom. The smallest absolute Gasteiger partial charge is 0.250 e. The molecule has 20 heavy (non-hydrogen) atoms. The van der Waals surface area contributed by atoms with Crippen molar-refractivity contribution in [3.05, 3.63) is 17.0 Å². The number of aliphatic hydroxyl groups excluding tert-OH is 1. The van der Waals surface area contributed by atoms with Crippen molar-refractivity contribution in [1.29, 1.82) is 0 Å². The Labute approximate surface area is 125 Å². The lowest BCUT2D eigenvalue weighted by molar-refractivity contribution is 0.130. The molecule has 0 aliphatic heterocycles. The molecule has 0 saturated heterocycles. The van der Waals surface area contributed by atoms with Gasteiger partial charge in [-0.15, -0.1) is 11.3 Å². The fraction of sp³-hybridized carbons (Fsp3) is 0.692. The summed E-state index contributed by atoms with van der Waals surface area (Å²) in [5.41, 5.74) is 0. The van der Waals surface area contributed by atoms with Crippen LogP contribution in [0, 0.1) is 0 Å². The van der Waals surface area contributed by atoms with Gasteiger partial charge in [0.25, 0.3) is 0 Å². The van der Waals surface area contributed by atoms with E-state index in [1.165, 1.54) is 11.3 Å². The van der Waals surface area contributed by atoms with Crippen LogP contribution in [0.15, 0.2) is 16.3 Å². The van der Waals surface area contributed by atoms with Crippen molar-refractivity contribution < 1.29 is 18.3 Å². The summed E-state index contributed by atoms with van der Waals surface area (Å²) in [6, 6.07) is 3.32. The van der Waals surface area contributed by atoms with Crippen molar-refractivity contribution in [3.63, 3.8) is 0 Å². The van der Waals surface area contributed by atoms with Crippen LogP contribution in [-0.2, 0) is 21.2 Å². The molecule has 0 aromatic carbocycles. The largest absolute Gasteiger partial charge is 0.396 e. The molecule has 0 amide bonds. The van der Waals surface area contributed by atoms with E-state index in [1.54, 1.807) is 12.1 Å². The molecule has 1 aromatic heterocycles. The number of rotatable bonds is 11. The number of hydrogen-bond donors (Lipinski definition) is 2. The maximum atomic E-state index is 12.0. The zero-order valence-electron chi connectivity index (χ0n) is 11.8. The average molecular weight is 321 g/mol. The van der Waals surface area contributed by atoms with E-state index in [0.29, 0.717) is 30.2 Å². The number of ether oxygens (including phenoxy) is 1. The minimum atomic E-state index is -3.42. The normalized spacial score (nSPS) is 11.9. The van der Waals surface area contributed by atoms with E-state index in [2.05, 4.69) is 11.6 Å². The monoisotopic (exact) mass is 321 g/mol. The van der Waals surface area contributed by atoms with Gasteiger partial charge in [-0.1, -0.05) is 13.3 Å². The van der Waals surface area contributed by atoms with E-state index in [-0.39, 0.29) is 6.61 Å². The molecule has 5 nitrogen and oxygen atoms in total. The maximum absolute atomic E-state index is 12.0. The van der Waals surface area contributed by atoms with E-state index < -0.39 is 10.0 Å². The summed E-state index contributed by atoms with van der Waals surface area (Å²) in [6.45, 7) is 3.81. The first-order valence-electron chi connectivity index (χ1n) is 6.87. The molecule has 0 radical (unpaired) electrons. The zero-order valence-corrected chi connectivity index (χ0v) is 13.4. The molecule has 0 unspecified atom stereocenters. The topological polar surface area (TPSA) is 75.6 Å². The first-order chi connectivity index (χ1) is 9.60. The zero-order chi connectivity index (χ0) is 14.8. The molecule has 0 bridgehead atoms. The number of unbranched alkanes of at least 4 members (excludes halogenated alkanes) is 1. The standard InChI is InChI=1S/C13H23NO4S2/c1-2-3-10-18-11-4-8-14-20(16,17)13-6-5-12(19-13)7-9-15/h5-6,14-15H,2-4,7-11H2,1H3. The molecular formula is C13H23NO4S2. The van der Waals surface area contributed by atoms with E-state index in [0.717, 1.165) is 24.3 Å². The fourth-order valence-corrected chi connectivity index (χ4v) is 4.01. The Morgan fingerprint density at radius 2 is 2.05 bits per heavy atom.